The fourth-order valence-corrected chi connectivity index (χ4v) is 2.53. The van der Waals surface area contributed by atoms with Crippen LogP contribution in [0, 0.1) is 5.92 Å². The molecule has 1 aliphatic heterocycles. The topological polar surface area (TPSA) is 37.4 Å². The Balaban J connectivity index is 1.72. The van der Waals surface area contributed by atoms with Crippen LogP contribution in [0.15, 0.2) is 30.3 Å². The predicted octanol–water partition coefficient (Wildman–Crippen LogP) is 2.56. The predicted molar refractivity (Wildman–Crippen MR) is 75.2 cm³/mol. The van der Waals surface area contributed by atoms with E-state index >= 15 is 0 Å². The summed E-state index contributed by atoms with van der Waals surface area (Å²) in [4.78, 5) is 25.7. The van der Waals surface area contributed by atoms with E-state index in [1.54, 1.807) is 0 Å². The Morgan fingerprint density at radius 3 is 2.74 bits per heavy atom. The summed E-state index contributed by atoms with van der Waals surface area (Å²) in [6.45, 7) is 4.60. The third kappa shape index (κ3) is 4.00. The van der Waals surface area contributed by atoms with Crippen molar-refractivity contribution in [3.05, 3.63) is 35.9 Å². The van der Waals surface area contributed by atoms with Crippen molar-refractivity contribution in [1.29, 1.82) is 0 Å². The summed E-state index contributed by atoms with van der Waals surface area (Å²) >= 11 is 0. The van der Waals surface area contributed by atoms with Gasteiger partial charge in [-0.1, -0.05) is 37.3 Å². The number of hydrogen-bond acceptors (Lipinski definition) is 3. The van der Waals surface area contributed by atoms with Gasteiger partial charge in [0.25, 0.3) is 0 Å². The minimum atomic E-state index is 0.151. The molecule has 0 spiro atoms. The van der Waals surface area contributed by atoms with Gasteiger partial charge in [0.1, 0.15) is 5.78 Å². The van der Waals surface area contributed by atoms with Crippen molar-refractivity contribution in [3.8, 4) is 0 Å². The Morgan fingerprint density at radius 1 is 1.32 bits per heavy atom. The van der Waals surface area contributed by atoms with Gasteiger partial charge in [-0.3, -0.25) is 9.59 Å². The fourth-order valence-electron chi connectivity index (χ4n) is 2.53. The molecule has 0 N–H and O–H groups in total. The van der Waals surface area contributed by atoms with Crippen LogP contribution < -0.4 is 0 Å². The average Bonchev–Trinajstić information content (AvgIpc) is 2.43. The van der Waals surface area contributed by atoms with Crippen molar-refractivity contribution < 1.29 is 9.59 Å². The first-order chi connectivity index (χ1) is 9.16. The molecular weight excluding hydrogens is 238 g/mol. The van der Waals surface area contributed by atoms with Crippen molar-refractivity contribution >= 4 is 11.6 Å². The highest BCUT2D eigenvalue weighted by molar-refractivity contribution is 5.95. The van der Waals surface area contributed by atoms with Crippen molar-refractivity contribution in [2.24, 2.45) is 5.92 Å². The van der Waals surface area contributed by atoms with E-state index < -0.39 is 0 Å². The molecule has 1 unspecified atom stereocenters. The lowest BCUT2D eigenvalue weighted by atomic mass is 9.98. The van der Waals surface area contributed by atoms with Crippen LogP contribution in [0.4, 0.5) is 0 Å². The molecule has 0 aliphatic carbocycles. The molecule has 1 heterocycles. The molecule has 2 rings (SSSR count). The monoisotopic (exact) mass is 259 g/mol. The quantitative estimate of drug-likeness (QED) is 0.763. The largest absolute Gasteiger partial charge is 0.302 e. The third-order valence-electron chi connectivity index (χ3n) is 3.73. The van der Waals surface area contributed by atoms with Crippen molar-refractivity contribution in [1.82, 2.24) is 4.90 Å². The SMILES string of the molecule is CC1CN(CCCC(=O)c2ccccc2)CCC1=O. The summed E-state index contributed by atoms with van der Waals surface area (Å²) in [6.07, 6.45) is 2.12. The summed E-state index contributed by atoms with van der Waals surface area (Å²) in [5.74, 6) is 0.733. The number of benzene rings is 1. The van der Waals surface area contributed by atoms with E-state index in [-0.39, 0.29) is 11.7 Å². The molecule has 19 heavy (non-hydrogen) atoms. The van der Waals surface area contributed by atoms with E-state index in [0.717, 1.165) is 31.6 Å². The van der Waals surface area contributed by atoms with Crippen LogP contribution >= 0.6 is 0 Å². The van der Waals surface area contributed by atoms with E-state index in [0.29, 0.717) is 18.6 Å². The second-order valence-electron chi connectivity index (χ2n) is 5.31. The number of carbonyl (C=O) groups is 2. The maximum atomic E-state index is 11.9. The Labute approximate surface area is 114 Å². The van der Waals surface area contributed by atoms with Gasteiger partial charge in [-0.05, 0) is 13.0 Å². The Kier molecular flexibility index (Phi) is 4.86. The molecule has 0 radical (unpaired) electrons. The lowest BCUT2D eigenvalue weighted by Crippen LogP contribution is -2.40. The summed E-state index contributed by atoms with van der Waals surface area (Å²) in [7, 11) is 0. The lowest BCUT2D eigenvalue weighted by Gasteiger charge is -2.29. The van der Waals surface area contributed by atoms with E-state index in [9.17, 15) is 9.59 Å². The van der Waals surface area contributed by atoms with Crippen LogP contribution in [-0.2, 0) is 4.79 Å². The maximum absolute atomic E-state index is 11.9. The minimum absolute atomic E-state index is 0.151. The Hall–Kier alpha value is -1.48. The first-order valence-corrected chi connectivity index (χ1v) is 7.00. The van der Waals surface area contributed by atoms with Crippen LogP contribution in [-0.4, -0.2) is 36.1 Å². The molecule has 0 bridgehead atoms. The summed E-state index contributed by atoms with van der Waals surface area (Å²) in [5, 5.41) is 0. The molecule has 3 heteroatoms. The molecule has 0 saturated carbocycles. The molecule has 1 saturated heterocycles. The highest BCUT2D eigenvalue weighted by Gasteiger charge is 2.22. The molecule has 0 amide bonds. The number of Topliss-reactive ketones (excluding diaryl/α,β-unsaturated/α-hetero) is 2. The number of likely N-dealkylation sites (tertiary alicyclic amines) is 1. The zero-order chi connectivity index (χ0) is 13.7. The van der Waals surface area contributed by atoms with E-state index in [1.807, 2.05) is 37.3 Å². The molecule has 0 aromatic heterocycles. The molecule has 1 aromatic rings. The number of hydrogen-bond donors (Lipinski definition) is 0. The molecular formula is C16H21NO2. The standard InChI is InChI=1S/C16H21NO2/c1-13-12-17(11-9-15(13)18)10-5-8-16(19)14-6-3-2-4-7-14/h2-4,6-7,13H,5,8-12H2,1H3. The van der Waals surface area contributed by atoms with E-state index in [1.165, 1.54) is 0 Å². The Morgan fingerprint density at radius 2 is 2.05 bits per heavy atom. The lowest BCUT2D eigenvalue weighted by molar-refractivity contribution is -0.125. The van der Waals surface area contributed by atoms with Crippen molar-refractivity contribution in [3.63, 3.8) is 0 Å². The van der Waals surface area contributed by atoms with E-state index in [2.05, 4.69) is 4.90 Å². The zero-order valence-corrected chi connectivity index (χ0v) is 11.5. The van der Waals surface area contributed by atoms with E-state index in [4.69, 9.17) is 0 Å². The first kappa shape index (κ1) is 13.9. The van der Waals surface area contributed by atoms with Crippen molar-refractivity contribution in [2.75, 3.05) is 19.6 Å². The van der Waals surface area contributed by atoms with Crippen LogP contribution in [0.5, 0.6) is 0 Å². The number of carbonyl (C=O) groups excluding carboxylic acids is 2. The van der Waals surface area contributed by atoms with Gasteiger partial charge >= 0.3 is 0 Å². The summed E-state index contributed by atoms with van der Waals surface area (Å²) < 4.78 is 0. The second kappa shape index (κ2) is 6.62. The molecule has 1 fully saturated rings. The molecule has 102 valence electrons. The smallest absolute Gasteiger partial charge is 0.162 e. The Bertz CT molecular complexity index is 441. The highest BCUT2D eigenvalue weighted by Crippen LogP contribution is 2.13. The highest BCUT2D eigenvalue weighted by atomic mass is 16.1. The van der Waals surface area contributed by atoms with Gasteiger partial charge < -0.3 is 4.90 Å². The molecule has 1 aliphatic rings. The van der Waals surface area contributed by atoms with Crippen LogP contribution in [0.3, 0.4) is 0 Å². The van der Waals surface area contributed by atoms with Crippen molar-refractivity contribution in [2.45, 2.75) is 26.2 Å². The maximum Gasteiger partial charge on any atom is 0.162 e. The number of ketones is 2. The first-order valence-electron chi connectivity index (χ1n) is 7.00. The second-order valence-corrected chi connectivity index (χ2v) is 5.31. The molecule has 1 aromatic carbocycles. The van der Waals surface area contributed by atoms with Gasteiger partial charge in [-0.15, -0.1) is 0 Å². The van der Waals surface area contributed by atoms with Crippen LogP contribution in [0.25, 0.3) is 0 Å². The molecule has 1 atom stereocenters. The van der Waals surface area contributed by atoms with Gasteiger partial charge in [0.2, 0.25) is 0 Å². The van der Waals surface area contributed by atoms with Gasteiger partial charge in [-0.2, -0.15) is 0 Å². The number of nitrogens with zero attached hydrogens (tertiary/aromatic N) is 1. The average molecular weight is 259 g/mol. The van der Waals surface area contributed by atoms with Gasteiger partial charge in [0.05, 0.1) is 0 Å². The van der Waals surface area contributed by atoms with Gasteiger partial charge in [0.15, 0.2) is 5.78 Å². The number of piperidine rings is 1. The summed E-state index contributed by atoms with van der Waals surface area (Å²) in [6, 6.07) is 9.44. The number of rotatable bonds is 5. The van der Waals surface area contributed by atoms with Gasteiger partial charge in [0, 0.05) is 37.4 Å². The zero-order valence-electron chi connectivity index (χ0n) is 11.5. The third-order valence-corrected chi connectivity index (χ3v) is 3.73. The minimum Gasteiger partial charge on any atom is -0.302 e. The van der Waals surface area contributed by atoms with Crippen LogP contribution in [0.1, 0.15) is 36.5 Å². The van der Waals surface area contributed by atoms with Gasteiger partial charge in [-0.25, -0.2) is 0 Å². The summed E-state index contributed by atoms with van der Waals surface area (Å²) in [5.41, 5.74) is 0.796. The molecule has 3 nitrogen and oxygen atoms in total. The fraction of sp³-hybridized carbons (Fsp3) is 0.500. The van der Waals surface area contributed by atoms with Crippen LogP contribution in [0.2, 0.25) is 0 Å². The normalized spacial score (nSPS) is 20.5.